The summed E-state index contributed by atoms with van der Waals surface area (Å²) in [6, 6.07) is 19.2. The van der Waals surface area contributed by atoms with Gasteiger partial charge in [-0.15, -0.1) is 0 Å². The van der Waals surface area contributed by atoms with Gasteiger partial charge in [0.05, 0.1) is 38.6 Å². The molecule has 0 aliphatic heterocycles. The van der Waals surface area contributed by atoms with Crippen molar-refractivity contribution in [2.24, 2.45) is 0 Å². The summed E-state index contributed by atoms with van der Waals surface area (Å²) >= 11 is 0. The van der Waals surface area contributed by atoms with Gasteiger partial charge in [0.25, 0.3) is 0 Å². The van der Waals surface area contributed by atoms with Gasteiger partial charge >= 0.3 is 7.82 Å². The third-order valence-electron chi connectivity index (χ3n) is 7.50. The molecule has 2 aromatic carbocycles. The number of hydrogen-bond acceptors (Lipinski definition) is 7. The van der Waals surface area contributed by atoms with Crippen molar-refractivity contribution in [3.05, 3.63) is 60.7 Å². The van der Waals surface area contributed by atoms with Crippen molar-refractivity contribution in [2.75, 3.05) is 39.6 Å². The summed E-state index contributed by atoms with van der Waals surface area (Å²) in [5.41, 5.74) is 0. The molecule has 2 aromatic rings. The van der Waals surface area contributed by atoms with Gasteiger partial charge in [-0.2, -0.15) is 0 Å². The van der Waals surface area contributed by atoms with Gasteiger partial charge in [-0.1, -0.05) is 127 Å². The van der Waals surface area contributed by atoms with Crippen LogP contribution < -0.4 is 9.47 Å². The highest BCUT2D eigenvalue weighted by molar-refractivity contribution is 7.47. The lowest BCUT2D eigenvalue weighted by Gasteiger charge is -2.22. The number of phosphoric acid groups is 1. The first-order valence-electron chi connectivity index (χ1n) is 17.2. The van der Waals surface area contributed by atoms with E-state index in [2.05, 4.69) is 13.8 Å². The van der Waals surface area contributed by atoms with Crippen LogP contribution in [-0.4, -0.2) is 56.7 Å². The first-order chi connectivity index (χ1) is 22.0. The van der Waals surface area contributed by atoms with Crippen molar-refractivity contribution in [3.63, 3.8) is 0 Å². The summed E-state index contributed by atoms with van der Waals surface area (Å²) in [5.74, 6) is 1.56. The van der Waals surface area contributed by atoms with Crippen LogP contribution in [0.5, 0.6) is 11.5 Å². The van der Waals surface area contributed by atoms with Crippen LogP contribution in [0, 0.1) is 0 Å². The minimum Gasteiger partial charge on any atom is -0.491 e. The second-order valence-corrected chi connectivity index (χ2v) is 12.9. The normalized spacial score (nSPS) is 14.1. The molecule has 256 valence electrons. The van der Waals surface area contributed by atoms with Crippen molar-refractivity contribution >= 4 is 7.82 Å². The average molecular weight is 651 g/mol. The second kappa shape index (κ2) is 26.2. The van der Waals surface area contributed by atoms with Crippen LogP contribution in [0.25, 0.3) is 0 Å². The van der Waals surface area contributed by atoms with E-state index in [0.717, 1.165) is 50.0 Å². The number of benzene rings is 2. The Balaban J connectivity index is 1.81. The summed E-state index contributed by atoms with van der Waals surface area (Å²) in [6.45, 7) is 5.84. The zero-order valence-corrected chi connectivity index (χ0v) is 28.7. The Bertz CT molecular complexity index is 902. The highest BCUT2D eigenvalue weighted by Crippen LogP contribution is 2.44. The van der Waals surface area contributed by atoms with Gasteiger partial charge in [0, 0.05) is 0 Å². The largest absolute Gasteiger partial charge is 0.491 e. The smallest absolute Gasteiger partial charge is 0.472 e. The van der Waals surface area contributed by atoms with Gasteiger partial charge in [0.1, 0.15) is 24.7 Å². The summed E-state index contributed by atoms with van der Waals surface area (Å²) in [6.07, 6.45) is 14.7. The van der Waals surface area contributed by atoms with Crippen LogP contribution in [-0.2, 0) is 23.1 Å². The number of ether oxygens (including phenoxy) is 4. The average Bonchev–Trinajstić information content (AvgIpc) is 3.06. The molecule has 1 N–H and O–H groups in total. The van der Waals surface area contributed by atoms with E-state index in [1.165, 1.54) is 51.4 Å². The first kappa shape index (κ1) is 39.2. The van der Waals surface area contributed by atoms with Gasteiger partial charge in [-0.25, -0.2) is 4.57 Å². The van der Waals surface area contributed by atoms with E-state index in [4.69, 9.17) is 28.0 Å². The molecule has 0 aliphatic carbocycles. The monoisotopic (exact) mass is 650 g/mol. The highest BCUT2D eigenvalue weighted by atomic mass is 31.2. The maximum Gasteiger partial charge on any atom is 0.472 e. The minimum absolute atomic E-state index is 0.0259. The number of phosphoric ester groups is 1. The van der Waals surface area contributed by atoms with E-state index in [9.17, 15) is 9.46 Å². The molecule has 0 bridgehead atoms. The summed E-state index contributed by atoms with van der Waals surface area (Å²) in [7, 11) is -4.30. The fraction of sp³-hybridized carbons (Fsp3) is 0.667. The van der Waals surface area contributed by atoms with Gasteiger partial charge in [0.2, 0.25) is 0 Å². The molecule has 2 unspecified atom stereocenters. The maximum atomic E-state index is 12.9. The Labute approximate surface area is 272 Å². The summed E-state index contributed by atoms with van der Waals surface area (Å²) < 4.78 is 47.3. The molecule has 0 saturated carbocycles. The Morgan fingerprint density at radius 3 is 1.33 bits per heavy atom. The van der Waals surface area contributed by atoms with Crippen molar-refractivity contribution in [1.82, 2.24) is 0 Å². The molecular weight excluding hydrogens is 591 g/mol. The minimum atomic E-state index is -4.30. The van der Waals surface area contributed by atoms with Gasteiger partial charge < -0.3 is 23.8 Å². The maximum absolute atomic E-state index is 12.9. The molecule has 0 fully saturated rings. The second-order valence-electron chi connectivity index (χ2n) is 11.5. The fourth-order valence-electron chi connectivity index (χ4n) is 4.91. The van der Waals surface area contributed by atoms with Crippen LogP contribution in [0.3, 0.4) is 0 Å². The third kappa shape index (κ3) is 21.5. The van der Waals surface area contributed by atoms with Crippen molar-refractivity contribution in [1.29, 1.82) is 0 Å². The van der Waals surface area contributed by atoms with E-state index in [-0.39, 0.29) is 25.4 Å². The van der Waals surface area contributed by atoms with E-state index in [1.807, 2.05) is 60.7 Å². The molecule has 2 rings (SSSR count). The highest BCUT2D eigenvalue weighted by Gasteiger charge is 2.26. The van der Waals surface area contributed by atoms with Gasteiger partial charge in [0.15, 0.2) is 0 Å². The van der Waals surface area contributed by atoms with Gasteiger partial charge in [-0.05, 0) is 37.1 Å². The fourth-order valence-corrected chi connectivity index (χ4v) is 5.69. The zero-order chi connectivity index (χ0) is 32.3. The van der Waals surface area contributed by atoms with Crippen LogP contribution in [0.15, 0.2) is 60.7 Å². The van der Waals surface area contributed by atoms with Gasteiger partial charge in [-0.3, -0.25) is 9.05 Å². The van der Waals surface area contributed by atoms with E-state index in [0.29, 0.717) is 26.4 Å². The predicted octanol–water partition coefficient (Wildman–Crippen LogP) is 9.55. The molecule has 0 spiro atoms. The molecule has 0 saturated heterocycles. The molecule has 45 heavy (non-hydrogen) atoms. The standard InChI is InChI=1S/C36H59O8P/c1-3-5-7-9-11-15-25-35(41-29-27-39-33-21-17-13-18-22-33)31-43-45(37,38)44-32-36(26-16-12-10-8-6-4-2)42-30-28-40-34-23-19-14-20-24-34/h13-14,17-24,35-36H,3-12,15-16,25-32H2,1-2H3,(H,37,38). The van der Waals surface area contributed by atoms with Crippen LogP contribution in [0.2, 0.25) is 0 Å². The van der Waals surface area contributed by atoms with Crippen molar-refractivity contribution in [2.45, 2.75) is 116 Å². The SMILES string of the molecule is CCCCCCCCC(COP(=O)(O)OCC(CCCCCCCC)OCCOc1ccccc1)OCCOc1ccccc1. The Morgan fingerprint density at radius 1 is 0.556 bits per heavy atom. The molecule has 8 nitrogen and oxygen atoms in total. The van der Waals surface area contributed by atoms with Crippen molar-refractivity contribution < 1.29 is 37.5 Å². The molecular formula is C36H59O8P. The lowest BCUT2D eigenvalue weighted by atomic mass is 10.1. The molecule has 0 radical (unpaired) electrons. The van der Waals surface area contributed by atoms with E-state index >= 15 is 0 Å². The summed E-state index contributed by atoms with van der Waals surface area (Å²) in [5, 5.41) is 0. The Morgan fingerprint density at radius 2 is 0.933 bits per heavy atom. The quantitative estimate of drug-likeness (QED) is 0.0660. The Kier molecular flexibility index (Phi) is 22.8. The molecule has 0 aliphatic rings. The third-order valence-corrected chi connectivity index (χ3v) is 8.45. The zero-order valence-electron chi connectivity index (χ0n) is 27.8. The number of rotatable bonds is 30. The number of unbranched alkanes of at least 4 members (excludes halogenated alkanes) is 10. The lowest BCUT2D eigenvalue weighted by Crippen LogP contribution is -2.24. The van der Waals surface area contributed by atoms with Crippen molar-refractivity contribution in [3.8, 4) is 11.5 Å². The molecule has 0 aromatic heterocycles. The van der Waals surface area contributed by atoms with Crippen LogP contribution >= 0.6 is 7.82 Å². The number of para-hydroxylation sites is 2. The topological polar surface area (TPSA) is 92.7 Å². The van der Waals surface area contributed by atoms with Crippen LogP contribution in [0.1, 0.15) is 104 Å². The Hall–Kier alpha value is -1.93. The van der Waals surface area contributed by atoms with E-state index < -0.39 is 7.82 Å². The van der Waals surface area contributed by atoms with Crippen LogP contribution in [0.4, 0.5) is 0 Å². The molecule has 2 atom stereocenters. The number of hydrogen-bond donors (Lipinski definition) is 1. The molecule has 0 amide bonds. The van der Waals surface area contributed by atoms with E-state index in [1.54, 1.807) is 0 Å². The first-order valence-corrected chi connectivity index (χ1v) is 18.7. The molecule has 9 heteroatoms. The predicted molar refractivity (Wildman–Crippen MR) is 181 cm³/mol. The summed E-state index contributed by atoms with van der Waals surface area (Å²) in [4.78, 5) is 10.5. The lowest BCUT2D eigenvalue weighted by molar-refractivity contribution is -0.0230. The molecule has 0 heterocycles.